The Labute approximate surface area is 128 Å². The fourth-order valence-corrected chi connectivity index (χ4v) is 4.42. The number of hydrogen-bond acceptors (Lipinski definition) is 3. The summed E-state index contributed by atoms with van der Waals surface area (Å²) in [5.41, 5.74) is 0. The number of hydrogen-bond donors (Lipinski definition) is 0. The summed E-state index contributed by atoms with van der Waals surface area (Å²) in [6, 6.07) is 0. The molecule has 2 aliphatic rings. The molecule has 2 rings (SSSR count). The molecule has 0 unspecified atom stereocenters. The molecule has 0 N–H and O–H groups in total. The maximum Gasteiger partial charge on any atom is 0.281 e. The Morgan fingerprint density at radius 2 is 1.76 bits per heavy atom. The van der Waals surface area contributed by atoms with E-state index in [0.717, 1.165) is 32.4 Å². The van der Waals surface area contributed by atoms with Crippen LogP contribution in [0.2, 0.25) is 0 Å². The van der Waals surface area contributed by atoms with E-state index in [1.807, 2.05) is 4.90 Å². The molecule has 0 spiro atoms. The topological polar surface area (TPSA) is 60.9 Å². The number of carbonyl (C=O) groups is 1. The van der Waals surface area contributed by atoms with Crippen molar-refractivity contribution in [2.75, 3.05) is 40.3 Å². The molecular weight excluding hydrogens is 290 g/mol. The van der Waals surface area contributed by atoms with Crippen molar-refractivity contribution >= 4 is 16.1 Å². The summed E-state index contributed by atoms with van der Waals surface area (Å²) in [6.07, 6.45) is 3.78. The van der Waals surface area contributed by atoms with Crippen LogP contribution in [0.1, 0.15) is 32.6 Å². The lowest BCUT2D eigenvalue weighted by Crippen LogP contribution is -2.50. The SMILES string of the molecule is C[C@@H]1CCCN(C(=O)[C@H]2CCCN(S(=O)(=O)N(C)C)C2)C1. The molecule has 2 aliphatic heterocycles. The zero-order chi connectivity index (χ0) is 15.6. The lowest BCUT2D eigenvalue weighted by atomic mass is 9.94. The van der Waals surface area contributed by atoms with E-state index in [1.54, 1.807) is 0 Å². The molecular formula is C14H27N3O3S. The first-order valence-electron chi connectivity index (χ1n) is 7.78. The molecule has 0 bridgehead atoms. The predicted molar refractivity (Wildman–Crippen MR) is 81.9 cm³/mol. The van der Waals surface area contributed by atoms with Gasteiger partial charge in [-0.2, -0.15) is 17.0 Å². The van der Waals surface area contributed by atoms with Gasteiger partial charge >= 0.3 is 0 Å². The summed E-state index contributed by atoms with van der Waals surface area (Å²) in [5.74, 6) is 0.506. The summed E-state index contributed by atoms with van der Waals surface area (Å²) in [4.78, 5) is 14.6. The van der Waals surface area contributed by atoms with Gasteiger partial charge in [0.05, 0.1) is 5.92 Å². The van der Waals surface area contributed by atoms with E-state index in [4.69, 9.17) is 0 Å². The van der Waals surface area contributed by atoms with Crippen LogP contribution in [0.3, 0.4) is 0 Å². The Morgan fingerprint density at radius 1 is 1.10 bits per heavy atom. The Kier molecular flexibility index (Phi) is 5.27. The van der Waals surface area contributed by atoms with Crippen molar-refractivity contribution in [3.63, 3.8) is 0 Å². The van der Waals surface area contributed by atoms with Gasteiger partial charge in [-0.05, 0) is 31.6 Å². The first kappa shape index (κ1) is 16.7. The fraction of sp³-hybridized carbons (Fsp3) is 0.929. The van der Waals surface area contributed by atoms with Gasteiger partial charge in [-0.1, -0.05) is 6.92 Å². The van der Waals surface area contributed by atoms with Crippen molar-refractivity contribution in [3.05, 3.63) is 0 Å². The molecule has 0 aliphatic carbocycles. The molecule has 0 saturated carbocycles. The average molecular weight is 317 g/mol. The van der Waals surface area contributed by atoms with Crippen molar-refractivity contribution in [1.29, 1.82) is 0 Å². The van der Waals surface area contributed by atoms with E-state index in [9.17, 15) is 13.2 Å². The quantitative estimate of drug-likeness (QED) is 0.772. The lowest BCUT2D eigenvalue weighted by molar-refractivity contribution is -0.138. The zero-order valence-corrected chi connectivity index (χ0v) is 14.1. The molecule has 122 valence electrons. The van der Waals surface area contributed by atoms with Crippen molar-refractivity contribution in [3.8, 4) is 0 Å². The molecule has 0 radical (unpaired) electrons. The van der Waals surface area contributed by atoms with Gasteiger partial charge in [0.15, 0.2) is 0 Å². The van der Waals surface area contributed by atoms with E-state index in [2.05, 4.69) is 6.92 Å². The third-order valence-electron chi connectivity index (χ3n) is 4.49. The number of piperidine rings is 2. The van der Waals surface area contributed by atoms with Gasteiger partial charge in [0, 0.05) is 40.3 Å². The van der Waals surface area contributed by atoms with Crippen LogP contribution >= 0.6 is 0 Å². The smallest absolute Gasteiger partial charge is 0.281 e. The second-order valence-electron chi connectivity index (χ2n) is 6.52. The van der Waals surface area contributed by atoms with Crippen LogP contribution < -0.4 is 0 Å². The number of likely N-dealkylation sites (tertiary alicyclic amines) is 1. The van der Waals surface area contributed by atoms with Gasteiger partial charge in [0.1, 0.15) is 0 Å². The summed E-state index contributed by atoms with van der Waals surface area (Å²) >= 11 is 0. The van der Waals surface area contributed by atoms with Crippen molar-refractivity contribution in [1.82, 2.24) is 13.5 Å². The Bertz CT molecular complexity index is 478. The second kappa shape index (κ2) is 6.62. The van der Waals surface area contributed by atoms with E-state index in [-0.39, 0.29) is 11.8 Å². The number of carbonyl (C=O) groups excluding carboxylic acids is 1. The Balaban J connectivity index is 2.02. The zero-order valence-electron chi connectivity index (χ0n) is 13.3. The van der Waals surface area contributed by atoms with Crippen LogP contribution in [0.5, 0.6) is 0 Å². The average Bonchev–Trinajstić information content (AvgIpc) is 2.46. The van der Waals surface area contributed by atoms with Gasteiger partial charge < -0.3 is 4.90 Å². The van der Waals surface area contributed by atoms with Crippen molar-refractivity contribution in [2.24, 2.45) is 11.8 Å². The number of amides is 1. The van der Waals surface area contributed by atoms with E-state index in [0.29, 0.717) is 19.0 Å². The summed E-state index contributed by atoms with van der Waals surface area (Å²) in [7, 11) is -0.342. The minimum atomic E-state index is -3.41. The Morgan fingerprint density at radius 3 is 2.38 bits per heavy atom. The van der Waals surface area contributed by atoms with E-state index >= 15 is 0 Å². The van der Waals surface area contributed by atoms with Crippen LogP contribution in [0.4, 0.5) is 0 Å². The van der Waals surface area contributed by atoms with Crippen LogP contribution in [-0.4, -0.2) is 68.1 Å². The highest BCUT2D eigenvalue weighted by molar-refractivity contribution is 7.86. The minimum Gasteiger partial charge on any atom is -0.342 e. The van der Waals surface area contributed by atoms with Crippen LogP contribution in [0, 0.1) is 11.8 Å². The highest BCUT2D eigenvalue weighted by Gasteiger charge is 2.35. The largest absolute Gasteiger partial charge is 0.342 e. The summed E-state index contributed by atoms with van der Waals surface area (Å²) in [6.45, 7) is 4.64. The standard InChI is InChI=1S/C14H27N3O3S/c1-12-6-4-8-16(10-12)14(18)13-7-5-9-17(11-13)21(19,20)15(2)3/h12-13H,4-11H2,1-3H3/t12-,13+/m1/s1. The fourth-order valence-electron chi connectivity index (χ4n) is 3.23. The number of rotatable bonds is 3. The monoisotopic (exact) mass is 317 g/mol. The summed E-state index contributed by atoms with van der Waals surface area (Å²) in [5, 5.41) is 0. The third kappa shape index (κ3) is 3.76. The van der Waals surface area contributed by atoms with Crippen molar-refractivity contribution in [2.45, 2.75) is 32.6 Å². The third-order valence-corrected chi connectivity index (χ3v) is 6.40. The maximum absolute atomic E-state index is 12.6. The normalized spacial score (nSPS) is 28.9. The van der Waals surface area contributed by atoms with Crippen molar-refractivity contribution < 1.29 is 13.2 Å². The van der Waals surface area contributed by atoms with Gasteiger partial charge in [-0.3, -0.25) is 4.79 Å². The first-order chi connectivity index (χ1) is 9.82. The van der Waals surface area contributed by atoms with Crippen LogP contribution in [0.15, 0.2) is 0 Å². The highest BCUT2D eigenvalue weighted by atomic mass is 32.2. The van der Waals surface area contributed by atoms with Gasteiger partial charge in [0.2, 0.25) is 5.91 Å². The van der Waals surface area contributed by atoms with Gasteiger partial charge in [-0.25, -0.2) is 0 Å². The van der Waals surface area contributed by atoms with E-state index in [1.165, 1.54) is 29.1 Å². The molecule has 1 amide bonds. The molecule has 0 aromatic rings. The minimum absolute atomic E-state index is 0.139. The molecule has 2 fully saturated rings. The molecule has 2 atom stereocenters. The maximum atomic E-state index is 12.6. The van der Waals surface area contributed by atoms with E-state index < -0.39 is 10.2 Å². The van der Waals surface area contributed by atoms with Crippen LogP contribution in [0.25, 0.3) is 0 Å². The van der Waals surface area contributed by atoms with Gasteiger partial charge in [0.25, 0.3) is 10.2 Å². The number of nitrogens with zero attached hydrogens (tertiary/aromatic N) is 3. The second-order valence-corrected chi connectivity index (χ2v) is 8.66. The molecule has 6 nitrogen and oxygen atoms in total. The molecule has 2 heterocycles. The highest BCUT2D eigenvalue weighted by Crippen LogP contribution is 2.24. The molecule has 0 aromatic carbocycles. The lowest BCUT2D eigenvalue weighted by Gasteiger charge is -2.37. The molecule has 0 aromatic heterocycles. The Hall–Kier alpha value is -0.660. The first-order valence-corrected chi connectivity index (χ1v) is 9.18. The molecule has 21 heavy (non-hydrogen) atoms. The predicted octanol–water partition coefficient (Wildman–Crippen LogP) is 0.763. The van der Waals surface area contributed by atoms with Gasteiger partial charge in [-0.15, -0.1) is 0 Å². The molecule has 7 heteroatoms. The summed E-state index contributed by atoms with van der Waals surface area (Å²) < 4.78 is 27.1. The van der Waals surface area contributed by atoms with Crippen LogP contribution in [-0.2, 0) is 15.0 Å². The molecule has 2 saturated heterocycles.